The van der Waals surface area contributed by atoms with E-state index in [0.29, 0.717) is 12.6 Å². The van der Waals surface area contributed by atoms with Gasteiger partial charge in [0.15, 0.2) is 0 Å². The van der Waals surface area contributed by atoms with Gasteiger partial charge in [-0.1, -0.05) is 6.42 Å². The molecule has 2 atom stereocenters. The predicted molar refractivity (Wildman–Crippen MR) is 64.5 cm³/mol. The van der Waals surface area contributed by atoms with Gasteiger partial charge in [0.2, 0.25) is 5.91 Å². The lowest BCUT2D eigenvalue weighted by Gasteiger charge is -2.35. The second-order valence-electron chi connectivity index (χ2n) is 4.62. The normalized spacial score (nSPS) is 22.9. The number of methoxy groups -OCH3 is 1. The third-order valence-electron chi connectivity index (χ3n) is 3.22. The zero-order valence-electron chi connectivity index (χ0n) is 10.9. The number of esters is 1. The Labute approximate surface area is 102 Å². The molecular formula is C12H22N2O3. The van der Waals surface area contributed by atoms with Crippen molar-refractivity contribution in [3.05, 3.63) is 0 Å². The van der Waals surface area contributed by atoms with Crippen LogP contribution in [0.5, 0.6) is 0 Å². The van der Waals surface area contributed by atoms with E-state index in [1.54, 1.807) is 0 Å². The molecule has 5 nitrogen and oxygen atoms in total. The molecule has 2 unspecified atom stereocenters. The minimum Gasteiger partial charge on any atom is -0.467 e. The largest absolute Gasteiger partial charge is 0.467 e. The molecule has 1 aliphatic rings. The Morgan fingerprint density at radius 3 is 2.71 bits per heavy atom. The molecule has 0 aromatic rings. The topological polar surface area (TPSA) is 58.6 Å². The van der Waals surface area contributed by atoms with Crippen molar-refractivity contribution in [3.63, 3.8) is 0 Å². The number of likely N-dealkylation sites (tertiary alicyclic amines) is 1. The summed E-state index contributed by atoms with van der Waals surface area (Å²) >= 11 is 0. The summed E-state index contributed by atoms with van der Waals surface area (Å²) in [6.45, 7) is 5.08. The number of amides is 1. The van der Waals surface area contributed by atoms with Crippen LogP contribution >= 0.6 is 0 Å². The van der Waals surface area contributed by atoms with E-state index in [2.05, 4.69) is 17.1 Å². The minimum atomic E-state index is -0.557. The average Bonchev–Trinajstić information content (AvgIpc) is 2.29. The lowest BCUT2D eigenvalue weighted by Crippen LogP contribution is -2.51. The number of hydrogen-bond donors (Lipinski definition) is 1. The Kier molecular flexibility index (Phi) is 5.41. The summed E-state index contributed by atoms with van der Waals surface area (Å²) in [5.74, 6) is -0.581. The molecule has 17 heavy (non-hydrogen) atoms. The molecule has 1 amide bonds. The van der Waals surface area contributed by atoms with E-state index >= 15 is 0 Å². The maximum Gasteiger partial charge on any atom is 0.329 e. The molecule has 0 saturated carbocycles. The van der Waals surface area contributed by atoms with Crippen LogP contribution in [-0.4, -0.2) is 49.1 Å². The molecule has 0 radical (unpaired) electrons. The molecule has 1 rings (SSSR count). The third-order valence-corrected chi connectivity index (χ3v) is 3.22. The van der Waals surface area contributed by atoms with Gasteiger partial charge in [-0.3, -0.25) is 9.69 Å². The molecule has 0 bridgehead atoms. The van der Waals surface area contributed by atoms with Gasteiger partial charge >= 0.3 is 5.97 Å². The summed E-state index contributed by atoms with van der Waals surface area (Å²) in [7, 11) is 1.34. The second kappa shape index (κ2) is 6.59. The van der Waals surface area contributed by atoms with Crippen LogP contribution in [-0.2, 0) is 14.3 Å². The van der Waals surface area contributed by atoms with Gasteiger partial charge in [-0.25, -0.2) is 4.79 Å². The molecule has 5 heteroatoms. The number of nitrogens with zero attached hydrogens (tertiary/aromatic N) is 1. The van der Waals surface area contributed by atoms with Gasteiger partial charge in [-0.2, -0.15) is 0 Å². The number of nitrogens with one attached hydrogen (secondary N) is 1. The highest BCUT2D eigenvalue weighted by Crippen LogP contribution is 2.16. The summed E-state index contributed by atoms with van der Waals surface area (Å²) < 4.78 is 4.71. The van der Waals surface area contributed by atoms with Crippen LogP contribution < -0.4 is 5.32 Å². The van der Waals surface area contributed by atoms with Gasteiger partial charge in [0.1, 0.15) is 6.04 Å². The minimum absolute atomic E-state index is 0.204. The van der Waals surface area contributed by atoms with Gasteiger partial charge in [-0.15, -0.1) is 0 Å². The van der Waals surface area contributed by atoms with E-state index in [1.807, 2.05) is 0 Å². The molecule has 0 aliphatic carbocycles. The Balaban J connectivity index is 2.57. The Hall–Kier alpha value is -1.10. The van der Waals surface area contributed by atoms with Gasteiger partial charge in [-0.05, 0) is 26.3 Å². The fraction of sp³-hybridized carbons (Fsp3) is 0.833. The monoisotopic (exact) mass is 242 g/mol. The van der Waals surface area contributed by atoms with Crippen LogP contribution in [0.2, 0.25) is 0 Å². The maximum absolute atomic E-state index is 11.6. The van der Waals surface area contributed by atoms with Gasteiger partial charge < -0.3 is 10.1 Å². The summed E-state index contributed by atoms with van der Waals surface area (Å²) in [6.07, 6.45) is 3.53. The number of carbonyl (C=O) groups excluding carboxylic acids is 2. The van der Waals surface area contributed by atoms with Crippen molar-refractivity contribution in [3.8, 4) is 0 Å². The van der Waals surface area contributed by atoms with Crippen LogP contribution in [0.15, 0.2) is 0 Å². The first-order valence-corrected chi connectivity index (χ1v) is 6.13. The molecule has 0 spiro atoms. The van der Waals surface area contributed by atoms with E-state index in [0.717, 1.165) is 19.4 Å². The van der Waals surface area contributed by atoms with E-state index in [4.69, 9.17) is 4.74 Å². The van der Waals surface area contributed by atoms with Crippen molar-refractivity contribution < 1.29 is 14.3 Å². The van der Waals surface area contributed by atoms with E-state index < -0.39 is 6.04 Å². The molecule has 1 heterocycles. The average molecular weight is 242 g/mol. The number of hydrogen-bond acceptors (Lipinski definition) is 4. The smallest absolute Gasteiger partial charge is 0.329 e. The van der Waals surface area contributed by atoms with Crippen LogP contribution in [0.25, 0.3) is 0 Å². The molecule has 98 valence electrons. The van der Waals surface area contributed by atoms with Crippen LogP contribution in [0.4, 0.5) is 0 Å². The molecule has 0 aromatic carbocycles. The van der Waals surface area contributed by atoms with Gasteiger partial charge in [0.05, 0.1) is 7.11 Å². The number of ether oxygens (including phenoxy) is 1. The number of rotatable bonds is 4. The van der Waals surface area contributed by atoms with E-state index in [1.165, 1.54) is 20.5 Å². The van der Waals surface area contributed by atoms with Crippen molar-refractivity contribution in [1.29, 1.82) is 0 Å². The zero-order valence-corrected chi connectivity index (χ0v) is 10.9. The summed E-state index contributed by atoms with van der Waals surface area (Å²) in [5, 5.41) is 2.64. The van der Waals surface area contributed by atoms with Crippen molar-refractivity contribution in [1.82, 2.24) is 10.2 Å². The highest BCUT2D eigenvalue weighted by molar-refractivity contribution is 5.83. The third kappa shape index (κ3) is 4.34. The molecule has 1 fully saturated rings. The predicted octanol–water partition coefficient (Wildman–Crippen LogP) is 0.538. The zero-order chi connectivity index (χ0) is 12.8. The Morgan fingerprint density at radius 1 is 1.47 bits per heavy atom. The van der Waals surface area contributed by atoms with Gasteiger partial charge in [0.25, 0.3) is 0 Å². The summed E-state index contributed by atoms with van der Waals surface area (Å²) in [5.41, 5.74) is 0. The molecule has 0 aromatic heterocycles. The van der Waals surface area contributed by atoms with E-state index in [9.17, 15) is 9.59 Å². The summed E-state index contributed by atoms with van der Waals surface area (Å²) in [6, 6.07) is -0.0947. The van der Waals surface area contributed by atoms with Crippen molar-refractivity contribution in [2.24, 2.45) is 0 Å². The molecule has 1 N–H and O–H groups in total. The first kappa shape index (κ1) is 14.0. The molecular weight excluding hydrogens is 220 g/mol. The van der Waals surface area contributed by atoms with Crippen LogP contribution in [0, 0.1) is 0 Å². The highest BCUT2D eigenvalue weighted by atomic mass is 16.5. The first-order chi connectivity index (χ1) is 8.04. The van der Waals surface area contributed by atoms with Crippen LogP contribution in [0.3, 0.4) is 0 Å². The summed E-state index contributed by atoms with van der Waals surface area (Å²) in [4.78, 5) is 24.9. The highest BCUT2D eigenvalue weighted by Gasteiger charge is 2.26. The lowest BCUT2D eigenvalue weighted by atomic mass is 10.0. The van der Waals surface area contributed by atoms with Crippen molar-refractivity contribution in [2.45, 2.75) is 45.2 Å². The number of piperidine rings is 1. The molecule has 1 saturated heterocycles. The van der Waals surface area contributed by atoms with Crippen molar-refractivity contribution in [2.75, 3.05) is 20.2 Å². The second-order valence-corrected chi connectivity index (χ2v) is 4.62. The Morgan fingerprint density at radius 2 is 2.18 bits per heavy atom. The first-order valence-electron chi connectivity index (χ1n) is 6.13. The number of carbonyl (C=O) groups is 2. The Bertz CT molecular complexity index is 281. The fourth-order valence-corrected chi connectivity index (χ4v) is 2.23. The quantitative estimate of drug-likeness (QED) is 0.731. The fourth-order valence-electron chi connectivity index (χ4n) is 2.23. The standard InChI is InChI=1S/C12H22N2O3/c1-9-6-4-5-7-14(9)8-11(12(16)17-3)13-10(2)15/h9,11H,4-8H2,1-3H3,(H,13,15). The molecule has 1 aliphatic heterocycles. The SMILES string of the molecule is COC(=O)C(CN1CCCCC1C)NC(C)=O. The van der Waals surface area contributed by atoms with Gasteiger partial charge in [0, 0.05) is 19.5 Å². The van der Waals surface area contributed by atoms with E-state index in [-0.39, 0.29) is 11.9 Å². The lowest BCUT2D eigenvalue weighted by molar-refractivity contribution is -0.145. The van der Waals surface area contributed by atoms with Crippen LogP contribution in [0.1, 0.15) is 33.1 Å². The van der Waals surface area contributed by atoms with Crippen molar-refractivity contribution >= 4 is 11.9 Å². The maximum atomic E-state index is 11.6.